The zero-order valence-electron chi connectivity index (χ0n) is 21.9. The molecule has 2 heterocycles. The first kappa shape index (κ1) is 29.4. The molecule has 2 nitrogen and oxygen atoms in total. The van der Waals surface area contributed by atoms with E-state index in [0.717, 1.165) is 28.1 Å². The van der Waals surface area contributed by atoms with E-state index in [1.165, 1.54) is 24.3 Å². The first-order valence-corrected chi connectivity index (χ1v) is 13.8. The Balaban J connectivity index is 1.92. The summed E-state index contributed by atoms with van der Waals surface area (Å²) in [5.41, 5.74) is -13.6. The summed E-state index contributed by atoms with van der Waals surface area (Å²) >= 11 is 1.11. The van der Waals surface area contributed by atoms with Gasteiger partial charge in [-0.2, -0.15) is 26.3 Å². The molecule has 1 aliphatic rings. The van der Waals surface area contributed by atoms with Gasteiger partial charge in [-0.15, -0.1) is 0 Å². The monoisotopic (exact) mass is 618 g/mol. The zero-order chi connectivity index (χ0) is 30.2. The van der Waals surface area contributed by atoms with Gasteiger partial charge in [-0.25, -0.2) is 8.78 Å². The zero-order valence-corrected chi connectivity index (χ0v) is 23.6. The fourth-order valence-electron chi connectivity index (χ4n) is 5.51. The molecule has 2 aromatic carbocycles. The van der Waals surface area contributed by atoms with Crippen molar-refractivity contribution in [2.45, 2.75) is 43.0 Å². The maximum atomic E-state index is 17.5. The Labute approximate surface area is 238 Å². The van der Waals surface area contributed by atoms with E-state index >= 15 is 35.1 Å². The lowest BCUT2D eigenvalue weighted by atomic mass is 9.74. The van der Waals surface area contributed by atoms with Gasteiger partial charge in [-0.05, 0) is 36.1 Å². The third-order valence-corrected chi connectivity index (χ3v) is 10.1. The number of rotatable bonds is 6. The average molecular weight is 619 g/mol. The standard InChI is InChI=1S/C29H22F8O2S2/c1-15-19(23(38-3)40-21(15)17-11-7-5-8-12-17)25(30)26(31,28(34,35)29(36,37)27(25,32)33)20-16(2)22(41-24(20)39-4)18-13-9-6-10-14-18/h5-14H,1-4H3. The second-order valence-corrected chi connectivity index (χ2v) is 11.6. The minimum Gasteiger partial charge on any atom is -0.487 e. The van der Waals surface area contributed by atoms with Gasteiger partial charge in [0.25, 0.3) is 11.3 Å². The lowest BCUT2D eigenvalue weighted by Gasteiger charge is -2.37. The molecule has 0 spiro atoms. The van der Waals surface area contributed by atoms with Crippen LogP contribution < -0.4 is 9.47 Å². The van der Waals surface area contributed by atoms with Gasteiger partial charge < -0.3 is 9.47 Å². The van der Waals surface area contributed by atoms with Gasteiger partial charge in [-0.1, -0.05) is 83.3 Å². The largest absolute Gasteiger partial charge is 0.487 e. The molecule has 0 amide bonds. The van der Waals surface area contributed by atoms with Gasteiger partial charge in [0.2, 0.25) is 0 Å². The van der Waals surface area contributed by atoms with E-state index in [9.17, 15) is 0 Å². The summed E-state index contributed by atoms with van der Waals surface area (Å²) in [7, 11) is 1.86. The predicted molar refractivity (Wildman–Crippen MR) is 143 cm³/mol. The van der Waals surface area contributed by atoms with Gasteiger partial charge in [0, 0.05) is 9.75 Å². The number of halogens is 8. The Morgan fingerprint density at radius 3 is 1.12 bits per heavy atom. The third-order valence-electron chi connectivity index (χ3n) is 7.49. The summed E-state index contributed by atoms with van der Waals surface area (Å²) in [6.07, 6.45) is 0. The lowest BCUT2D eigenvalue weighted by Crippen LogP contribution is -2.53. The molecular formula is C29H22F8O2S2. The Kier molecular flexibility index (Phi) is 6.77. The molecule has 0 radical (unpaired) electrons. The molecule has 0 saturated heterocycles. The highest BCUT2D eigenvalue weighted by atomic mass is 32.1. The van der Waals surface area contributed by atoms with E-state index in [-0.39, 0.29) is 9.75 Å². The Bertz CT molecular complexity index is 1480. The van der Waals surface area contributed by atoms with Crippen LogP contribution in [0.3, 0.4) is 0 Å². The second-order valence-electron chi connectivity index (χ2n) is 9.62. The van der Waals surface area contributed by atoms with Crippen molar-refractivity contribution in [3.63, 3.8) is 0 Å². The number of ether oxygens (including phenoxy) is 2. The molecule has 218 valence electrons. The molecular weight excluding hydrogens is 596 g/mol. The quantitative estimate of drug-likeness (QED) is 0.200. The van der Waals surface area contributed by atoms with Gasteiger partial charge in [-0.3, -0.25) is 0 Å². The van der Waals surface area contributed by atoms with Crippen molar-refractivity contribution < 1.29 is 44.6 Å². The molecule has 0 N–H and O–H groups in total. The topological polar surface area (TPSA) is 18.5 Å². The SMILES string of the molecule is COc1sc(-c2ccccc2)c(C)c1C1(F)C(F)(F)C(F)(F)C(F)(F)C1(F)c1c(OC)sc(-c2ccccc2)c1C. The number of hydrogen-bond donors (Lipinski definition) is 0. The van der Waals surface area contributed by atoms with Crippen molar-refractivity contribution in [1.29, 1.82) is 0 Å². The van der Waals surface area contributed by atoms with Gasteiger partial charge >= 0.3 is 17.8 Å². The maximum Gasteiger partial charge on any atom is 0.379 e. The molecule has 12 heteroatoms. The average Bonchev–Trinajstić information content (AvgIpc) is 3.50. The van der Waals surface area contributed by atoms with Crippen molar-refractivity contribution in [1.82, 2.24) is 0 Å². The van der Waals surface area contributed by atoms with Crippen LogP contribution in [0.5, 0.6) is 10.1 Å². The molecule has 1 fully saturated rings. The summed E-state index contributed by atoms with van der Waals surface area (Å²) in [4.78, 5) is 0.121. The molecule has 2 atom stereocenters. The van der Waals surface area contributed by atoms with E-state index in [4.69, 9.17) is 9.47 Å². The van der Waals surface area contributed by atoms with Gasteiger partial charge in [0.05, 0.1) is 25.3 Å². The van der Waals surface area contributed by atoms with E-state index in [1.54, 1.807) is 36.4 Å². The summed E-state index contributed by atoms with van der Waals surface area (Å²) in [5.74, 6) is -18.9. The van der Waals surface area contributed by atoms with Crippen LogP contribution in [-0.4, -0.2) is 32.0 Å². The second kappa shape index (κ2) is 9.45. The Morgan fingerprint density at radius 2 is 0.829 bits per heavy atom. The smallest absolute Gasteiger partial charge is 0.379 e. The molecule has 0 bridgehead atoms. The highest BCUT2D eigenvalue weighted by molar-refractivity contribution is 7.18. The van der Waals surface area contributed by atoms with Crippen molar-refractivity contribution >= 4 is 22.7 Å². The van der Waals surface area contributed by atoms with Crippen molar-refractivity contribution in [3.05, 3.63) is 82.9 Å². The highest BCUT2D eigenvalue weighted by Gasteiger charge is 3.00. The van der Waals surface area contributed by atoms with E-state index in [0.29, 0.717) is 33.8 Å². The maximum absolute atomic E-state index is 17.5. The van der Waals surface area contributed by atoms with Crippen LogP contribution in [0.4, 0.5) is 35.1 Å². The number of thiophene rings is 2. The van der Waals surface area contributed by atoms with Crippen LogP contribution in [-0.2, 0) is 11.3 Å². The van der Waals surface area contributed by atoms with Crippen LogP contribution in [0, 0.1) is 13.8 Å². The van der Waals surface area contributed by atoms with Gasteiger partial charge in [0.15, 0.2) is 10.1 Å². The van der Waals surface area contributed by atoms with Crippen LogP contribution in [0.1, 0.15) is 22.3 Å². The molecule has 0 aliphatic heterocycles. The van der Waals surface area contributed by atoms with E-state index < -0.39 is 61.5 Å². The number of alkyl halides is 8. The minimum absolute atomic E-state index is 0.0603. The van der Waals surface area contributed by atoms with E-state index in [2.05, 4.69) is 0 Å². The fraction of sp³-hybridized carbons (Fsp3) is 0.310. The van der Waals surface area contributed by atoms with E-state index in [1.807, 2.05) is 0 Å². The first-order chi connectivity index (χ1) is 19.1. The molecule has 2 unspecified atom stereocenters. The molecule has 2 aromatic heterocycles. The summed E-state index contributed by atoms with van der Waals surface area (Å²) in [6, 6.07) is 15.6. The summed E-state index contributed by atoms with van der Waals surface area (Å²) in [6.45, 7) is 2.16. The first-order valence-electron chi connectivity index (χ1n) is 12.1. The third kappa shape index (κ3) is 3.46. The highest BCUT2D eigenvalue weighted by Crippen LogP contribution is 2.78. The van der Waals surface area contributed by atoms with Crippen molar-refractivity contribution in [2.24, 2.45) is 0 Å². The minimum atomic E-state index is -6.46. The molecule has 1 saturated carbocycles. The molecule has 5 rings (SSSR count). The Morgan fingerprint density at radius 1 is 0.512 bits per heavy atom. The van der Waals surface area contributed by atoms with Crippen LogP contribution in [0.15, 0.2) is 60.7 Å². The van der Waals surface area contributed by atoms with Crippen LogP contribution >= 0.6 is 22.7 Å². The molecule has 4 aromatic rings. The predicted octanol–water partition coefficient (Wildman–Crippen LogP) is 9.73. The fourth-order valence-corrected chi connectivity index (χ4v) is 7.86. The summed E-state index contributed by atoms with van der Waals surface area (Å²) in [5, 5.41) is -1.48. The number of benzene rings is 2. The lowest BCUT2D eigenvalue weighted by molar-refractivity contribution is -0.293. The summed E-state index contributed by atoms with van der Waals surface area (Å²) < 4.78 is 139. The molecule has 1 aliphatic carbocycles. The molecule has 41 heavy (non-hydrogen) atoms. The van der Waals surface area contributed by atoms with Crippen LogP contribution in [0.25, 0.3) is 20.9 Å². The van der Waals surface area contributed by atoms with Crippen molar-refractivity contribution in [2.75, 3.05) is 14.2 Å². The number of methoxy groups -OCH3 is 2. The normalized spacial score (nSPS) is 24.4. The van der Waals surface area contributed by atoms with Gasteiger partial charge in [0.1, 0.15) is 0 Å². The Hall–Kier alpha value is -3.12. The van der Waals surface area contributed by atoms with Crippen LogP contribution in [0.2, 0.25) is 0 Å². The number of hydrogen-bond acceptors (Lipinski definition) is 4. The van der Waals surface area contributed by atoms with Crippen molar-refractivity contribution in [3.8, 4) is 31.0 Å².